The first-order valence-electron chi connectivity index (χ1n) is 9.46. The molecule has 0 aromatic heterocycles. The van der Waals surface area contributed by atoms with Crippen LogP contribution in [0.3, 0.4) is 0 Å². The summed E-state index contributed by atoms with van der Waals surface area (Å²) in [6.45, 7) is 16.9. The van der Waals surface area contributed by atoms with E-state index < -0.39 is 0 Å². The Bertz CT molecular complexity index is 365. The quantitative estimate of drug-likeness (QED) is 0.769. The van der Waals surface area contributed by atoms with Gasteiger partial charge in [-0.1, -0.05) is 40.7 Å². The molecule has 22 heavy (non-hydrogen) atoms. The van der Waals surface area contributed by atoms with Gasteiger partial charge in [0.25, 0.3) is 0 Å². The molecule has 2 aliphatic heterocycles. The molecule has 3 heteroatoms. The van der Waals surface area contributed by atoms with E-state index in [1.54, 1.807) is 5.70 Å². The predicted molar refractivity (Wildman–Crippen MR) is 94.1 cm³/mol. The normalized spacial score (nSPS) is 36.6. The van der Waals surface area contributed by atoms with Crippen molar-refractivity contribution in [2.45, 2.75) is 65.8 Å². The van der Waals surface area contributed by atoms with E-state index in [0.717, 1.165) is 31.7 Å². The maximum absolute atomic E-state index is 5.43. The molecule has 3 aliphatic carbocycles. The van der Waals surface area contributed by atoms with Crippen LogP contribution in [0.2, 0.25) is 0 Å². The van der Waals surface area contributed by atoms with Gasteiger partial charge in [-0.05, 0) is 31.1 Å². The number of hydrogen-bond donors (Lipinski definition) is 0. The average Bonchev–Trinajstić information content (AvgIpc) is 2.56. The minimum atomic E-state index is 0.627. The van der Waals surface area contributed by atoms with Crippen LogP contribution in [0.15, 0.2) is 11.8 Å². The molecular formula is C19H36N2O. The Labute approximate surface area is 137 Å². The van der Waals surface area contributed by atoms with Crippen molar-refractivity contribution in [1.82, 2.24) is 9.80 Å². The van der Waals surface area contributed by atoms with Crippen molar-refractivity contribution in [3.8, 4) is 0 Å². The second-order valence-electron chi connectivity index (χ2n) is 7.06. The van der Waals surface area contributed by atoms with Gasteiger partial charge in [-0.2, -0.15) is 0 Å². The lowest BCUT2D eigenvalue weighted by molar-refractivity contribution is -0.207. The Hall–Kier alpha value is -0.540. The Morgan fingerprint density at radius 1 is 0.955 bits per heavy atom. The van der Waals surface area contributed by atoms with Crippen molar-refractivity contribution in [2.24, 2.45) is 5.41 Å². The summed E-state index contributed by atoms with van der Waals surface area (Å²) in [4.78, 5) is 5.28. The Morgan fingerprint density at radius 2 is 1.55 bits per heavy atom. The Kier molecular flexibility index (Phi) is 5.95. The highest BCUT2D eigenvalue weighted by Gasteiger charge is 2.67. The van der Waals surface area contributed by atoms with Crippen LogP contribution in [-0.4, -0.2) is 54.7 Å². The van der Waals surface area contributed by atoms with Crippen molar-refractivity contribution in [1.29, 1.82) is 0 Å². The fourth-order valence-electron chi connectivity index (χ4n) is 4.79. The molecule has 2 heterocycles. The molecule has 0 N–H and O–H groups in total. The van der Waals surface area contributed by atoms with Gasteiger partial charge in [0.2, 0.25) is 0 Å². The molecule has 0 radical (unpaired) electrons. The second-order valence-corrected chi connectivity index (χ2v) is 7.06. The van der Waals surface area contributed by atoms with Gasteiger partial charge in [0.15, 0.2) is 0 Å². The standard InChI is InChI=1S/C15H24N2O.2C2H6/c1-14-10-15(11-14,12-14)17-4-2-13(3-5-17)16-6-8-18-9-7-16;2*1-2/h2H,3-12H2,1H3;2*1-2H3. The molecule has 2 bridgehead atoms. The van der Waals surface area contributed by atoms with E-state index >= 15 is 0 Å². The van der Waals surface area contributed by atoms with Crippen LogP contribution >= 0.6 is 0 Å². The van der Waals surface area contributed by atoms with Gasteiger partial charge in [-0.25, -0.2) is 0 Å². The third-order valence-electron chi connectivity index (χ3n) is 5.54. The second kappa shape index (κ2) is 7.35. The summed E-state index contributed by atoms with van der Waals surface area (Å²) >= 11 is 0. The minimum absolute atomic E-state index is 0.627. The molecule has 1 saturated heterocycles. The van der Waals surface area contributed by atoms with Gasteiger partial charge >= 0.3 is 0 Å². The third kappa shape index (κ3) is 3.21. The van der Waals surface area contributed by atoms with Gasteiger partial charge in [0, 0.05) is 37.4 Å². The Morgan fingerprint density at radius 3 is 2.00 bits per heavy atom. The average molecular weight is 309 g/mol. The molecule has 0 unspecified atom stereocenters. The third-order valence-corrected chi connectivity index (χ3v) is 5.54. The van der Waals surface area contributed by atoms with Gasteiger partial charge in [0.1, 0.15) is 0 Å². The summed E-state index contributed by atoms with van der Waals surface area (Å²) in [5, 5.41) is 0. The highest BCUT2D eigenvalue weighted by atomic mass is 16.5. The van der Waals surface area contributed by atoms with Gasteiger partial charge in [0.05, 0.1) is 13.2 Å². The molecule has 0 aromatic carbocycles. The molecule has 5 aliphatic rings. The fourth-order valence-corrected chi connectivity index (χ4v) is 4.79. The lowest BCUT2D eigenvalue weighted by Gasteiger charge is -2.73. The molecule has 0 spiro atoms. The molecule has 3 nitrogen and oxygen atoms in total. The molecular weight excluding hydrogens is 272 g/mol. The van der Waals surface area contributed by atoms with E-state index in [1.807, 2.05) is 27.7 Å². The first-order valence-corrected chi connectivity index (χ1v) is 9.46. The maximum Gasteiger partial charge on any atom is 0.0642 e. The van der Waals surface area contributed by atoms with Crippen molar-refractivity contribution in [3.63, 3.8) is 0 Å². The molecule has 128 valence electrons. The molecule has 0 atom stereocenters. The molecule has 4 fully saturated rings. The first kappa shape index (κ1) is 17.8. The van der Waals surface area contributed by atoms with Crippen LogP contribution in [0.4, 0.5) is 0 Å². The predicted octanol–water partition coefficient (Wildman–Crippen LogP) is 3.90. The molecule has 5 rings (SSSR count). The summed E-state index contributed by atoms with van der Waals surface area (Å²) in [5.74, 6) is 0. The number of nitrogens with zero attached hydrogens (tertiary/aromatic N) is 2. The SMILES string of the molecule is CC.CC.CC12CC(N3CC=C(N4CCOCC4)CC3)(C1)C2. The smallest absolute Gasteiger partial charge is 0.0642 e. The molecule has 0 amide bonds. The van der Waals surface area contributed by atoms with Crippen LogP contribution in [-0.2, 0) is 4.74 Å². The maximum atomic E-state index is 5.43. The highest BCUT2D eigenvalue weighted by molar-refractivity contribution is 5.24. The van der Waals surface area contributed by atoms with Crippen LogP contribution in [0.25, 0.3) is 0 Å². The van der Waals surface area contributed by atoms with Gasteiger partial charge in [-0.3, -0.25) is 4.90 Å². The summed E-state index contributed by atoms with van der Waals surface area (Å²) in [5.41, 5.74) is 2.93. The highest BCUT2D eigenvalue weighted by Crippen LogP contribution is 2.69. The lowest BCUT2D eigenvalue weighted by Crippen LogP contribution is -2.74. The van der Waals surface area contributed by atoms with E-state index in [4.69, 9.17) is 4.74 Å². The monoisotopic (exact) mass is 308 g/mol. The minimum Gasteiger partial charge on any atom is -0.378 e. The van der Waals surface area contributed by atoms with E-state index in [-0.39, 0.29) is 0 Å². The van der Waals surface area contributed by atoms with Crippen LogP contribution in [0.5, 0.6) is 0 Å². The fraction of sp³-hybridized carbons (Fsp3) is 0.895. The topological polar surface area (TPSA) is 15.7 Å². The Balaban J connectivity index is 0.000000410. The summed E-state index contributed by atoms with van der Waals surface area (Å²) in [6.07, 6.45) is 8.11. The van der Waals surface area contributed by atoms with Crippen LogP contribution in [0, 0.1) is 5.41 Å². The summed E-state index contributed by atoms with van der Waals surface area (Å²) in [7, 11) is 0. The van der Waals surface area contributed by atoms with Crippen LogP contribution < -0.4 is 0 Å². The molecule has 0 aromatic rings. The van der Waals surface area contributed by atoms with E-state index in [2.05, 4.69) is 22.8 Å². The lowest BCUT2D eigenvalue weighted by atomic mass is 9.39. The summed E-state index contributed by atoms with van der Waals surface area (Å²) < 4.78 is 5.43. The van der Waals surface area contributed by atoms with Crippen LogP contribution in [0.1, 0.15) is 60.3 Å². The number of hydrogen-bond acceptors (Lipinski definition) is 3. The largest absolute Gasteiger partial charge is 0.378 e. The van der Waals surface area contributed by atoms with E-state index in [0.29, 0.717) is 5.54 Å². The van der Waals surface area contributed by atoms with E-state index in [9.17, 15) is 0 Å². The van der Waals surface area contributed by atoms with Crippen molar-refractivity contribution in [2.75, 3.05) is 39.4 Å². The van der Waals surface area contributed by atoms with Gasteiger partial charge in [-0.15, -0.1) is 0 Å². The van der Waals surface area contributed by atoms with Gasteiger partial charge < -0.3 is 9.64 Å². The number of ether oxygens (including phenoxy) is 1. The zero-order chi connectivity index (χ0) is 16.2. The zero-order valence-corrected chi connectivity index (χ0v) is 15.5. The van der Waals surface area contributed by atoms with Crippen molar-refractivity contribution < 1.29 is 4.74 Å². The zero-order valence-electron chi connectivity index (χ0n) is 15.5. The first-order chi connectivity index (χ1) is 10.7. The van der Waals surface area contributed by atoms with Crippen molar-refractivity contribution >= 4 is 0 Å². The number of rotatable bonds is 2. The number of morpholine rings is 1. The summed E-state index contributed by atoms with van der Waals surface area (Å²) in [6, 6.07) is 0. The van der Waals surface area contributed by atoms with Crippen molar-refractivity contribution in [3.05, 3.63) is 11.8 Å². The molecule has 3 saturated carbocycles. The van der Waals surface area contributed by atoms with E-state index in [1.165, 1.54) is 38.8 Å².